The molecule has 0 N–H and O–H groups in total. The molecule has 0 fully saturated rings. The second-order valence-electron chi connectivity index (χ2n) is 8.95. The summed E-state index contributed by atoms with van der Waals surface area (Å²) in [6, 6.07) is 65.0. The third kappa shape index (κ3) is 8.82. The summed E-state index contributed by atoms with van der Waals surface area (Å²) in [5.41, 5.74) is 0. The van der Waals surface area contributed by atoms with Crippen molar-refractivity contribution in [2.24, 2.45) is 0 Å². The van der Waals surface area contributed by atoms with Crippen LogP contribution in [0.25, 0.3) is 0 Å². The highest BCUT2D eigenvalue weighted by Gasteiger charge is 2.25. The number of benzene rings is 6. The van der Waals surface area contributed by atoms with Gasteiger partial charge in [0, 0.05) is 0 Å². The van der Waals surface area contributed by atoms with Crippen molar-refractivity contribution in [1.29, 1.82) is 0 Å². The largest absolute Gasteiger partial charge is 1.00 e. The third-order valence-electron chi connectivity index (χ3n) is 6.37. The average molecular weight is 780 g/mol. The molecule has 0 radical (unpaired) electrons. The van der Waals surface area contributed by atoms with Gasteiger partial charge in [-0.1, -0.05) is 109 Å². The van der Waals surface area contributed by atoms with E-state index in [1.165, 1.54) is 31.8 Å². The quantitative estimate of drug-likeness (QED) is 0.170. The van der Waals surface area contributed by atoms with Crippen LogP contribution in [-0.2, 0) is 0 Å². The average Bonchev–Trinajstić information content (AvgIpc) is 3.01. The summed E-state index contributed by atoms with van der Waals surface area (Å²) >= 11 is 0. The van der Waals surface area contributed by atoms with Crippen LogP contribution in [0.1, 0.15) is 0 Å². The molecule has 0 aliphatic heterocycles. The number of hydrogen-bond donors (Lipinski definition) is 0. The predicted octanol–water partition coefficient (Wildman–Crippen LogP) is 0.362. The van der Waals surface area contributed by atoms with Crippen LogP contribution in [0.5, 0.6) is 0 Å². The molecule has 0 spiro atoms. The molecule has 0 saturated heterocycles. The molecule has 0 saturated carbocycles. The molecule has 0 atom stereocenters. The Morgan fingerprint density at radius 3 is 0.450 bits per heavy atom. The first-order valence-electron chi connectivity index (χ1n) is 13.0. The molecular formula is C36H32I2P2. The van der Waals surface area contributed by atoms with Crippen molar-refractivity contribution < 1.29 is 48.0 Å². The van der Waals surface area contributed by atoms with Gasteiger partial charge in [0.2, 0.25) is 0 Å². The van der Waals surface area contributed by atoms with E-state index in [1.54, 1.807) is 0 Å². The Kier molecular flexibility index (Phi) is 14.0. The maximum atomic E-state index is 2.24. The first-order chi connectivity index (χ1) is 18.9. The topological polar surface area (TPSA) is 0 Å². The molecule has 6 aromatic rings. The molecule has 0 aromatic heterocycles. The van der Waals surface area contributed by atoms with Gasteiger partial charge in [0.15, 0.2) is 0 Å². The second-order valence-corrected chi connectivity index (χ2v) is 13.9. The fourth-order valence-corrected chi connectivity index (χ4v) is 9.78. The van der Waals surface area contributed by atoms with Crippen molar-refractivity contribution in [2.75, 3.05) is 0 Å². The van der Waals surface area contributed by atoms with E-state index in [2.05, 4.69) is 182 Å². The Hall–Kier alpha value is -2.36. The van der Waals surface area contributed by atoms with E-state index in [1.807, 2.05) is 0 Å². The zero-order valence-electron chi connectivity index (χ0n) is 22.1. The second kappa shape index (κ2) is 17.5. The Bertz CT molecular complexity index is 1180. The number of halogens is 2. The van der Waals surface area contributed by atoms with E-state index in [9.17, 15) is 0 Å². The first kappa shape index (κ1) is 32.2. The van der Waals surface area contributed by atoms with Crippen molar-refractivity contribution in [3.63, 3.8) is 0 Å². The van der Waals surface area contributed by atoms with E-state index in [0.29, 0.717) is 0 Å². The van der Waals surface area contributed by atoms with Crippen LogP contribution in [0.15, 0.2) is 182 Å². The Balaban J connectivity index is 0.000000210. The summed E-state index contributed by atoms with van der Waals surface area (Å²) in [5.74, 6) is 0. The number of hydrogen-bond acceptors (Lipinski definition) is 0. The van der Waals surface area contributed by atoms with E-state index in [-0.39, 0.29) is 48.0 Å². The fourth-order valence-electron chi connectivity index (χ4n) is 4.63. The summed E-state index contributed by atoms with van der Waals surface area (Å²) < 4.78 is 0. The van der Waals surface area contributed by atoms with Crippen molar-refractivity contribution in [3.05, 3.63) is 182 Å². The van der Waals surface area contributed by atoms with Gasteiger partial charge in [0.25, 0.3) is 0 Å². The highest BCUT2D eigenvalue weighted by atomic mass is 127. The Morgan fingerprint density at radius 1 is 0.200 bits per heavy atom. The van der Waals surface area contributed by atoms with E-state index < -0.39 is 15.8 Å². The van der Waals surface area contributed by atoms with Crippen LogP contribution in [0, 0.1) is 0 Å². The van der Waals surface area contributed by atoms with Gasteiger partial charge in [-0.05, 0) is 72.8 Å². The third-order valence-corrected chi connectivity index (χ3v) is 11.8. The van der Waals surface area contributed by atoms with Gasteiger partial charge in [-0.2, -0.15) is 0 Å². The highest BCUT2D eigenvalue weighted by molar-refractivity contribution is 7.80. The lowest BCUT2D eigenvalue weighted by Gasteiger charge is -2.10. The van der Waals surface area contributed by atoms with Crippen LogP contribution < -0.4 is 79.8 Å². The maximum absolute atomic E-state index is 2.24. The molecule has 0 heterocycles. The van der Waals surface area contributed by atoms with Crippen LogP contribution in [0.2, 0.25) is 0 Å². The summed E-state index contributed by atoms with van der Waals surface area (Å²) in [6.45, 7) is 0. The van der Waals surface area contributed by atoms with Crippen LogP contribution in [0.4, 0.5) is 0 Å². The van der Waals surface area contributed by atoms with Gasteiger partial charge in [-0.3, -0.25) is 0 Å². The van der Waals surface area contributed by atoms with Crippen LogP contribution >= 0.6 is 15.8 Å². The molecule has 0 bridgehead atoms. The number of rotatable bonds is 6. The molecule has 0 aliphatic carbocycles. The molecule has 4 heteroatoms. The Labute approximate surface area is 275 Å². The summed E-state index contributed by atoms with van der Waals surface area (Å²) in [5, 5.41) is 8.61. The van der Waals surface area contributed by atoms with E-state index in [0.717, 1.165) is 0 Å². The molecule has 0 aliphatic rings. The van der Waals surface area contributed by atoms with Gasteiger partial charge < -0.3 is 48.0 Å². The lowest BCUT2D eigenvalue weighted by Crippen LogP contribution is -3.00. The Morgan fingerprint density at radius 2 is 0.325 bits per heavy atom. The minimum atomic E-state index is -0.877. The zero-order chi connectivity index (χ0) is 25.8. The zero-order valence-corrected chi connectivity index (χ0v) is 28.4. The van der Waals surface area contributed by atoms with Crippen LogP contribution in [-0.4, -0.2) is 0 Å². The van der Waals surface area contributed by atoms with Crippen molar-refractivity contribution in [1.82, 2.24) is 0 Å². The van der Waals surface area contributed by atoms with E-state index >= 15 is 0 Å². The van der Waals surface area contributed by atoms with Gasteiger partial charge >= 0.3 is 0 Å². The van der Waals surface area contributed by atoms with Gasteiger partial charge in [-0.25, -0.2) is 0 Å². The van der Waals surface area contributed by atoms with Gasteiger partial charge in [0.05, 0.1) is 15.8 Å². The van der Waals surface area contributed by atoms with Crippen LogP contribution in [0.3, 0.4) is 0 Å². The SMILES string of the molecule is [I-].[I-].c1ccc([PH+](c2ccccc2)c2ccccc2)cc1.c1ccc([PH+](c2ccccc2)c2ccccc2)cc1. The summed E-state index contributed by atoms with van der Waals surface area (Å²) in [7, 11) is -1.75. The smallest absolute Gasteiger partial charge is 0.102 e. The first-order valence-corrected chi connectivity index (χ1v) is 16.0. The lowest BCUT2D eigenvalue weighted by molar-refractivity contribution is -0.00100. The monoisotopic (exact) mass is 780 g/mol. The summed E-state index contributed by atoms with van der Waals surface area (Å²) in [6.07, 6.45) is 0. The summed E-state index contributed by atoms with van der Waals surface area (Å²) in [4.78, 5) is 0. The maximum Gasteiger partial charge on any atom is 0.102 e. The molecular weight excluding hydrogens is 748 g/mol. The molecule has 6 aromatic carbocycles. The molecule has 6 rings (SSSR count). The molecule has 0 unspecified atom stereocenters. The molecule has 0 amide bonds. The normalized spacial score (nSPS) is 10.1. The fraction of sp³-hybridized carbons (Fsp3) is 0. The van der Waals surface area contributed by atoms with Crippen molar-refractivity contribution >= 4 is 47.7 Å². The minimum absolute atomic E-state index is 0. The minimum Gasteiger partial charge on any atom is -1.00 e. The lowest BCUT2D eigenvalue weighted by atomic mass is 10.4. The van der Waals surface area contributed by atoms with Crippen molar-refractivity contribution in [3.8, 4) is 0 Å². The highest BCUT2D eigenvalue weighted by Crippen LogP contribution is 2.33. The van der Waals surface area contributed by atoms with Crippen molar-refractivity contribution in [2.45, 2.75) is 0 Å². The van der Waals surface area contributed by atoms with E-state index in [4.69, 9.17) is 0 Å². The van der Waals surface area contributed by atoms with Gasteiger partial charge in [-0.15, -0.1) is 0 Å². The molecule has 200 valence electrons. The molecule has 40 heavy (non-hydrogen) atoms. The predicted molar refractivity (Wildman–Crippen MR) is 173 cm³/mol. The van der Waals surface area contributed by atoms with Gasteiger partial charge in [0.1, 0.15) is 31.8 Å². The molecule has 0 nitrogen and oxygen atoms in total. The standard InChI is InChI=1S/2C18H15P.2HI/c2*1-4-10-16(11-5-1)19(17-12-6-2-7-13-17)18-14-8-3-9-15-18;;/h2*1-15H;2*1H.